The molecular weight excluding hydrogens is 290 g/mol. The van der Waals surface area contributed by atoms with Gasteiger partial charge in [0, 0.05) is 26.7 Å². The Kier molecular flexibility index (Phi) is 4.59. The first kappa shape index (κ1) is 15.1. The number of hydrogen-bond donors (Lipinski definition) is 2. The van der Waals surface area contributed by atoms with Crippen molar-refractivity contribution in [1.29, 1.82) is 0 Å². The van der Waals surface area contributed by atoms with Crippen molar-refractivity contribution < 1.29 is 4.79 Å². The van der Waals surface area contributed by atoms with Crippen molar-refractivity contribution in [2.45, 2.75) is 0 Å². The first-order valence-electron chi connectivity index (χ1n) is 6.29. The standard InChI is InChI=1S/C14H16ClN5O/c1-16-12-7-9(6-11(15)19-12)14(21)18-10-4-5-13(17-8-10)20(2)3/h4-8H,1-3H3,(H,16,19)(H,18,21). The van der Waals surface area contributed by atoms with Crippen LogP contribution in [-0.2, 0) is 0 Å². The van der Waals surface area contributed by atoms with Crippen LogP contribution < -0.4 is 15.5 Å². The molecule has 6 nitrogen and oxygen atoms in total. The van der Waals surface area contributed by atoms with Gasteiger partial charge < -0.3 is 15.5 Å². The molecule has 2 N–H and O–H groups in total. The Morgan fingerprint density at radius 2 is 2.05 bits per heavy atom. The summed E-state index contributed by atoms with van der Waals surface area (Å²) >= 11 is 5.88. The number of carbonyl (C=O) groups is 1. The maximum atomic E-state index is 12.2. The molecule has 0 fully saturated rings. The minimum Gasteiger partial charge on any atom is -0.373 e. The van der Waals surface area contributed by atoms with E-state index in [1.165, 1.54) is 6.07 Å². The van der Waals surface area contributed by atoms with Gasteiger partial charge in [-0.2, -0.15) is 0 Å². The first-order chi connectivity index (χ1) is 9.99. The lowest BCUT2D eigenvalue weighted by molar-refractivity contribution is 0.102. The lowest BCUT2D eigenvalue weighted by atomic mass is 10.2. The zero-order valence-corrected chi connectivity index (χ0v) is 12.8. The Labute approximate surface area is 128 Å². The topological polar surface area (TPSA) is 70.2 Å². The number of pyridine rings is 2. The zero-order chi connectivity index (χ0) is 15.4. The normalized spacial score (nSPS) is 10.1. The maximum absolute atomic E-state index is 12.2. The van der Waals surface area contributed by atoms with E-state index in [2.05, 4.69) is 20.6 Å². The Hall–Kier alpha value is -2.34. The van der Waals surface area contributed by atoms with Gasteiger partial charge in [0.25, 0.3) is 5.91 Å². The van der Waals surface area contributed by atoms with Gasteiger partial charge in [-0.05, 0) is 24.3 Å². The van der Waals surface area contributed by atoms with Gasteiger partial charge in [0.1, 0.15) is 16.8 Å². The molecule has 0 saturated carbocycles. The predicted molar refractivity (Wildman–Crippen MR) is 85.3 cm³/mol. The summed E-state index contributed by atoms with van der Waals surface area (Å²) in [7, 11) is 5.52. The van der Waals surface area contributed by atoms with Crippen LogP contribution in [0, 0.1) is 0 Å². The Morgan fingerprint density at radius 3 is 2.62 bits per heavy atom. The van der Waals surface area contributed by atoms with Crippen LogP contribution in [0.1, 0.15) is 10.4 Å². The maximum Gasteiger partial charge on any atom is 0.255 e. The van der Waals surface area contributed by atoms with E-state index in [0.717, 1.165) is 5.82 Å². The van der Waals surface area contributed by atoms with Crippen molar-refractivity contribution in [1.82, 2.24) is 9.97 Å². The molecular formula is C14H16ClN5O. The molecule has 7 heteroatoms. The van der Waals surface area contributed by atoms with Crippen LogP contribution in [0.2, 0.25) is 5.15 Å². The fraction of sp³-hybridized carbons (Fsp3) is 0.214. The van der Waals surface area contributed by atoms with E-state index in [4.69, 9.17) is 11.6 Å². The SMILES string of the molecule is CNc1cc(C(=O)Nc2ccc(N(C)C)nc2)cc(Cl)n1. The summed E-state index contributed by atoms with van der Waals surface area (Å²) in [4.78, 5) is 22.3. The van der Waals surface area contributed by atoms with Gasteiger partial charge in [-0.1, -0.05) is 11.6 Å². The molecule has 110 valence electrons. The lowest BCUT2D eigenvalue weighted by Gasteiger charge is -2.12. The number of rotatable bonds is 4. The molecule has 0 aliphatic carbocycles. The molecule has 2 heterocycles. The second-order valence-electron chi connectivity index (χ2n) is 4.57. The number of nitrogens with one attached hydrogen (secondary N) is 2. The van der Waals surface area contributed by atoms with E-state index in [9.17, 15) is 4.79 Å². The summed E-state index contributed by atoms with van der Waals surface area (Å²) < 4.78 is 0. The monoisotopic (exact) mass is 305 g/mol. The van der Waals surface area contributed by atoms with Crippen molar-refractivity contribution in [3.05, 3.63) is 41.2 Å². The molecule has 0 spiro atoms. The van der Waals surface area contributed by atoms with Gasteiger partial charge in [0.05, 0.1) is 11.9 Å². The van der Waals surface area contributed by atoms with Gasteiger partial charge in [-0.25, -0.2) is 9.97 Å². The van der Waals surface area contributed by atoms with E-state index in [0.29, 0.717) is 17.1 Å². The summed E-state index contributed by atoms with van der Waals surface area (Å²) in [6.07, 6.45) is 1.61. The molecule has 0 bridgehead atoms. The van der Waals surface area contributed by atoms with Gasteiger partial charge in [0.2, 0.25) is 0 Å². The highest BCUT2D eigenvalue weighted by Gasteiger charge is 2.10. The Balaban J connectivity index is 2.15. The smallest absolute Gasteiger partial charge is 0.255 e. The lowest BCUT2D eigenvalue weighted by Crippen LogP contribution is -2.14. The Bertz CT molecular complexity index is 642. The highest BCUT2D eigenvalue weighted by Crippen LogP contribution is 2.17. The summed E-state index contributed by atoms with van der Waals surface area (Å²) in [6.45, 7) is 0. The zero-order valence-electron chi connectivity index (χ0n) is 12.0. The second-order valence-corrected chi connectivity index (χ2v) is 4.95. The fourth-order valence-electron chi connectivity index (χ4n) is 1.68. The molecule has 2 aromatic heterocycles. The molecule has 0 aliphatic rings. The molecule has 21 heavy (non-hydrogen) atoms. The third-order valence-corrected chi connectivity index (χ3v) is 2.97. The van der Waals surface area contributed by atoms with Crippen molar-refractivity contribution in [3.63, 3.8) is 0 Å². The van der Waals surface area contributed by atoms with Crippen LogP contribution in [0.4, 0.5) is 17.3 Å². The van der Waals surface area contributed by atoms with Crippen LogP contribution >= 0.6 is 11.6 Å². The Morgan fingerprint density at radius 1 is 1.29 bits per heavy atom. The number of aromatic nitrogens is 2. The highest BCUT2D eigenvalue weighted by atomic mass is 35.5. The number of anilines is 3. The fourth-order valence-corrected chi connectivity index (χ4v) is 1.89. The second kappa shape index (κ2) is 6.41. The minimum absolute atomic E-state index is 0.257. The van der Waals surface area contributed by atoms with Gasteiger partial charge >= 0.3 is 0 Å². The molecule has 0 aromatic carbocycles. The van der Waals surface area contributed by atoms with E-state index in [1.807, 2.05) is 25.1 Å². The number of nitrogens with zero attached hydrogens (tertiary/aromatic N) is 3. The largest absolute Gasteiger partial charge is 0.373 e. The van der Waals surface area contributed by atoms with E-state index < -0.39 is 0 Å². The molecule has 0 radical (unpaired) electrons. The summed E-state index contributed by atoms with van der Waals surface area (Å²) in [5.74, 6) is 1.08. The molecule has 1 amide bonds. The molecule has 2 aromatic rings. The third-order valence-electron chi connectivity index (χ3n) is 2.78. The number of hydrogen-bond acceptors (Lipinski definition) is 5. The average Bonchev–Trinajstić information content (AvgIpc) is 2.47. The highest BCUT2D eigenvalue weighted by molar-refractivity contribution is 6.30. The van der Waals surface area contributed by atoms with Crippen molar-refractivity contribution in [3.8, 4) is 0 Å². The summed E-state index contributed by atoms with van der Waals surface area (Å²) in [6, 6.07) is 6.76. The molecule has 0 saturated heterocycles. The van der Waals surface area contributed by atoms with E-state index in [-0.39, 0.29) is 11.1 Å². The number of amides is 1. The third kappa shape index (κ3) is 3.82. The number of halogens is 1. The quantitative estimate of drug-likeness (QED) is 0.849. The molecule has 0 unspecified atom stereocenters. The number of carbonyl (C=O) groups excluding carboxylic acids is 1. The van der Waals surface area contributed by atoms with Crippen LogP contribution in [0.5, 0.6) is 0 Å². The molecule has 0 atom stereocenters. The summed E-state index contributed by atoms with van der Waals surface area (Å²) in [5.41, 5.74) is 1.04. The molecule has 0 aliphatic heterocycles. The van der Waals surface area contributed by atoms with Crippen LogP contribution in [0.15, 0.2) is 30.5 Å². The van der Waals surface area contributed by atoms with Crippen LogP contribution in [0.3, 0.4) is 0 Å². The van der Waals surface area contributed by atoms with E-state index >= 15 is 0 Å². The van der Waals surface area contributed by atoms with Gasteiger partial charge in [-0.3, -0.25) is 4.79 Å². The van der Waals surface area contributed by atoms with Crippen molar-refractivity contribution in [2.24, 2.45) is 0 Å². The van der Waals surface area contributed by atoms with Gasteiger partial charge in [0.15, 0.2) is 0 Å². The van der Waals surface area contributed by atoms with Crippen molar-refractivity contribution >= 4 is 34.8 Å². The summed E-state index contributed by atoms with van der Waals surface area (Å²) in [5, 5.41) is 5.88. The molecule has 2 rings (SSSR count). The minimum atomic E-state index is -0.268. The van der Waals surface area contributed by atoms with Crippen LogP contribution in [0.25, 0.3) is 0 Å². The predicted octanol–water partition coefficient (Wildman–Crippen LogP) is 2.49. The average molecular weight is 306 g/mol. The van der Waals surface area contributed by atoms with Gasteiger partial charge in [-0.15, -0.1) is 0 Å². The first-order valence-corrected chi connectivity index (χ1v) is 6.67. The van der Waals surface area contributed by atoms with E-state index in [1.54, 1.807) is 25.4 Å². The van der Waals surface area contributed by atoms with Crippen LogP contribution in [-0.4, -0.2) is 37.0 Å². The van der Waals surface area contributed by atoms with Crippen molar-refractivity contribution in [2.75, 3.05) is 36.7 Å².